The Kier molecular flexibility index (Phi) is 3.96. The molecular formula is C15H20ClNO2. The highest BCUT2D eigenvalue weighted by Crippen LogP contribution is 2.37. The molecule has 3 nitrogen and oxygen atoms in total. The molecule has 1 saturated carbocycles. The number of ether oxygens (including phenoxy) is 1. The standard InChI is InChI=1S/C15H20ClNO2/c16-13-3-1-2-4-15(13)19-8-7-17-9-11-5-6-14(18)12(11)10-17/h1-4,11-12,14,18H,5-10H2. The van der Waals surface area contributed by atoms with Crippen LogP contribution in [0.25, 0.3) is 0 Å². The topological polar surface area (TPSA) is 32.7 Å². The molecular weight excluding hydrogens is 262 g/mol. The summed E-state index contributed by atoms with van der Waals surface area (Å²) in [6, 6.07) is 7.56. The second-order valence-corrected chi connectivity index (χ2v) is 6.01. The van der Waals surface area contributed by atoms with Crippen LogP contribution in [0.4, 0.5) is 0 Å². The van der Waals surface area contributed by atoms with Gasteiger partial charge >= 0.3 is 0 Å². The van der Waals surface area contributed by atoms with Gasteiger partial charge in [0, 0.05) is 25.6 Å². The first-order valence-electron chi connectivity index (χ1n) is 7.02. The van der Waals surface area contributed by atoms with Gasteiger partial charge in [-0.2, -0.15) is 0 Å². The first kappa shape index (κ1) is 13.2. The van der Waals surface area contributed by atoms with E-state index in [0.29, 0.717) is 23.5 Å². The highest BCUT2D eigenvalue weighted by Gasteiger charge is 2.41. The Bertz CT molecular complexity index is 440. The number of likely N-dealkylation sites (tertiary alicyclic amines) is 1. The molecule has 0 spiro atoms. The molecule has 104 valence electrons. The maximum atomic E-state index is 9.88. The van der Waals surface area contributed by atoms with Crippen LogP contribution in [-0.4, -0.2) is 42.4 Å². The molecule has 3 atom stereocenters. The van der Waals surface area contributed by atoms with Crippen LogP contribution in [0, 0.1) is 11.8 Å². The number of benzene rings is 1. The minimum Gasteiger partial charge on any atom is -0.491 e. The minimum atomic E-state index is -0.0838. The zero-order valence-electron chi connectivity index (χ0n) is 11.0. The molecule has 0 aromatic heterocycles. The van der Waals surface area contributed by atoms with E-state index in [2.05, 4.69) is 4.90 Å². The van der Waals surface area contributed by atoms with Crippen LogP contribution in [0.3, 0.4) is 0 Å². The average Bonchev–Trinajstić information content (AvgIpc) is 2.95. The van der Waals surface area contributed by atoms with Crippen LogP contribution in [0.15, 0.2) is 24.3 Å². The maximum absolute atomic E-state index is 9.88. The Morgan fingerprint density at radius 2 is 2.11 bits per heavy atom. The van der Waals surface area contributed by atoms with Gasteiger partial charge in [0.2, 0.25) is 0 Å². The lowest BCUT2D eigenvalue weighted by molar-refractivity contribution is 0.122. The van der Waals surface area contributed by atoms with Crippen LogP contribution >= 0.6 is 11.6 Å². The molecule has 1 N–H and O–H groups in total. The predicted molar refractivity (Wildman–Crippen MR) is 75.6 cm³/mol. The van der Waals surface area contributed by atoms with Crippen LogP contribution in [-0.2, 0) is 0 Å². The summed E-state index contributed by atoms with van der Waals surface area (Å²) in [5, 5.41) is 10.5. The van der Waals surface area contributed by atoms with Gasteiger partial charge in [-0.1, -0.05) is 23.7 Å². The number of para-hydroxylation sites is 1. The molecule has 19 heavy (non-hydrogen) atoms. The van der Waals surface area contributed by atoms with Crippen molar-refractivity contribution in [1.82, 2.24) is 4.90 Å². The van der Waals surface area contributed by atoms with E-state index in [-0.39, 0.29) is 6.10 Å². The van der Waals surface area contributed by atoms with Gasteiger partial charge in [-0.3, -0.25) is 4.90 Å². The first-order chi connectivity index (χ1) is 9.24. The number of nitrogens with zero attached hydrogens (tertiary/aromatic N) is 1. The summed E-state index contributed by atoms with van der Waals surface area (Å²) in [5.41, 5.74) is 0. The molecule has 1 saturated heterocycles. The summed E-state index contributed by atoms with van der Waals surface area (Å²) in [5.74, 6) is 1.93. The molecule has 3 rings (SSSR count). The largest absolute Gasteiger partial charge is 0.491 e. The number of aliphatic hydroxyl groups excluding tert-OH is 1. The molecule has 1 aliphatic heterocycles. The summed E-state index contributed by atoms with van der Waals surface area (Å²) in [7, 11) is 0. The molecule has 3 unspecified atom stereocenters. The van der Waals surface area contributed by atoms with Crippen molar-refractivity contribution >= 4 is 11.6 Å². The van der Waals surface area contributed by atoms with Gasteiger partial charge in [0.15, 0.2) is 0 Å². The second kappa shape index (κ2) is 5.70. The molecule has 2 fully saturated rings. The van der Waals surface area contributed by atoms with Gasteiger partial charge in [-0.15, -0.1) is 0 Å². The first-order valence-corrected chi connectivity index (χ1v) is 7.39. The molecule has 4 heteroatoms. The smallest absolute Gasteiger partial charge is 0.137 e. The molecule has 1 heterocycles. The molecule has 1 aliphatic carbocycles. The van der Waals surface area contributed by atoms with Crippen molar-refractivity contribution in [2.24, 2.45) is 11.8 Å². The number of hydrogen-bond donors (Lipinski definition) is 1. The molecule has 1 aromatic carbocycles. The van der Waals surface area contributed by atoms with Gasteiger partial charge in [-0.05, 0) is 30.9 Å². The van der Waals surface area contributed by atoms with E-state index in [1.54, 1.807) is 0 Å². The van der Waals surface area contributed by atoms with Gasteiger partial charge in [-0.25, -0.2) is 0 Å². The average molecular weight is 282 g/mol. The third-order valence-electron chi connectivity index (χ3n) is 4.40. The number of halogens is 1. The molecule has 0 amide bonds. The fraction of sp³-hybridized carbons (Fsp3) is 0.600. The van der Waals surface area contributed by atoms with Crippen molar-refractivity contribution in [2.75, 3.05) is 26.2 Å². The van der Waals surface area contributed by atoms with Crippen LogP contribution in [0.5, 0.6) is 5.75 Å². The third-order valence-corrected chi connectivity index (χ3v) is 4.71. The molecule has 0 bridgehead atoms. The van der Waals surface area contributed by atoms with Crippen LogP contribution in [0.1, 0.15) is 12.8 Å². The van der Waals surface area contributed by atoms with E-state index in [1.165, 1.54) is 6.42 Å². The Balaban J connectivity index is 1.46. The highest BCUT2D eigenvalue weighted by molar-refractivity contribution is 6.32. The fourth-order valence-electron chi connectivity index (χ4n) is 3.36. The predicted octanol–water partition coefficient (Wildman–Crippen LogP) is 2.42. The monoisotopic (exact) mass is 281 g/mol. The normalized spacial score (nSPS) is 30.5. The van der Waals surface area contributed by atoms with E-state index in [1.807, 2.05) is 24.3 Å². The number of aliphatic hydroxyl groups is 1. The lowest BCUT2D eigenvalue weighted by atomic mass is 10.00. The summed E-state index contributed by atoms with van der Waals surface area (Å²) in [4.78, 5) is 2.40. The summed E-state index contributed by atoms with van der Waals surface area (Å²) in [6.45, 7) is 3.68. The summed E-state index contributed by atoms with van der Waals surface area (Å²) < 4.78 is 5.71. The number of fused-ring (bicyclic) bond motifs is 1. The third kappa shape index (κ3) is 2.88. The van der Waals surface area contributed by atoms with E-state index in [0.717, 1.165) is 31.8 Å². The molecule has 0 radical (unpaired) electrons. The Labute approximate surface area is 119 Å². The van der Waals surface area contributed by atoms with Crippen LogP contribution < -0.4 is 4.74 Å². The Hall–Kier alpha value is -0.770. The fourth-order valence-corrected chi connectivity index (χ4v) is 3.55. The quantitative estimate of drug-likeness (QED) is 0.920. The minimum absolute atomic E-state index is 0.0838. The van der Waals surface area contributed by atoms with Crippen LogP contribution in [0.2, 0.25) is 5.02 Å². The zero-order valence-corrected chi connectivity index (χ0v) is 11.7. The SMILES string of the molecule is OC1CCC2CN(CCOc3ccccc3Cl)CC12. The van der Waals surface area contributed by atoms with Crippen molar-refractivity contribution in [1.29, 1.82) is 0 Å². The summed E-state index contributed by atoms with van der Waals surface area (Å²) in [6.07, 6.45) is 2.08. The van der Waals surface area contributed by atoms with Crippen molar-refractivity contribution in [3.8, 4) is 5.75 Å². The van der Waals surface area contributed by atoms with Crippen molar-refractivity contribution < 1.29 is 9.84 Å². The molecule has 2 aliphatic rings. The number of rotatable bonds is 4. The van der Waals surface area contributed by atoms with E-state index >= 15 is 0 Å². The molecule has 1 aromatic rings. The maximum Gasteiger partial charge on any atom is 0.137 e. The van der Waals surface area contributed by atoms with Gasteiger partial charge in [0.25, 0.3) is 0 Å². The lowest BCUT2D eigenvalue weighted by Gasteiger charge is -2.18. The van der Waals surface area contributed by atoms with Crippen molar-refractivity contribution in [3.05, 3.63) is 29.3 Å². The Morgan fingerprint density at radius 1 is 1.26 bits per heavy atom. The van der Waals surface area contributed by atoms with Crippen molar-refractivity contribution in [3.63, 3.8) is 0 Å². The van der Waals surface area contributed by atoms with Crippen molar-refractivity contribution in [2.45, 2.75) is 18.9 Å². The Morgan fingerprint density at radius 3 is 2.89 bits per heavy atom. The highest BCUT2D eigenvalue weighted by atomic mass is 35.5. The number of hydrogen-bond acceptors (Lipinski definition) is 3. The van der Waals surface area contributed by atoms with E-state index < -0.39 is 0 Å². The van der Waals surface area contributed by atoms with E-state index in [4.69, 9.17) is 16.3 Å². The lowest BCUT2D eigenvalue weighted by Crippen LogP contribution is -2.28. The van der Waals surface area contributed by atoms with Gasteiger partial charge in [0.05, 0.1) is 11.1 Å². The zero-order chi connectivity index (χ0) is 13.2. The van der Waals surface area contributed by atoms with Gasteiger partial charge in [0.1, 0.15) is 12.4 Å². The van der Waals surface area contributed by atoms with Gasteiger partial charge < -0.3 is 9.84 Å². The van der Waals surface area contributed by atoms with E-state index in [9.17, 15) is 5.11 Å². The second-order valence-electron chi connectivity index (χ2n) is 5.61. The summed E-state index contributed by atoms with van der Waals surface area (Å²) >= 11 is 6.05.